The Balaban J connectivity index is 1.49. The van der Waals surface area contributed by atoms with Gasteiger partial charge in [-0.3, -0.25) is 0 Å². The van der Waals surface area contributed by atoms with Gasteiger partial charge in [-0.1, -0.05) is 31.2 Å². The van der Waals surface area contributed by atoms with Crippen LogP contribution in [-0.4, -0.2) is 46.5 Å². The number of hydrogen-bond donors (Lipinski definition) is 2. The lowest BCUT2D eigenvalue weighted by Crippen LogP contribution is -2.33. The van der Waals surface area contributed by atoms with Gasteiger partial charge in [-0.15, -0.1) is 0 Å². The summed E-state index contributed by atoms with van der Waals surface area (Å²) in [6.45, 7) is 8.32. The van der Waals surface area contributed by atoms with Crippen LogP contribution in [0.2, 0.25) is 30.7 Å². The minimum absolute atomic E-state index is 0.316. The number of rotatable bonds is 10. The van der Waals surface area contributed by atoms with Crippen LogP contribution in [0, 0.1) is 5.92 Å². The summed E-state index contributed by atoms with van der Waals surface area (Å²) < 4.78 is 7.82. The summed E-state index contributed by atoms with van der Waals surface area (Å²) in [7, 11) is -1.11. The Morgan fingerprint density at radius 3 is 2.59 bits per heavy atom. The molecule has 2 saturated carbocycles. The summed E-state index contributed by atoms with van der Waals surface area (Å²) in [5.74, 6) is 1.35. The third-order valence-corrected chi connectivity index (χ3v) is 8.32. The molecular weight excluding hydrogens is 440 g/mol. The fraction of sp³-hybridized carbons (Fsp3) is 0.696. The maximum atomic E-state index is 6.56. The number of halogens is 1. The molecule has 0 atom stereocenters. The first-order valence-corrected chi connectivity index (χ1v) is 16.0. The van der Waals surface area contributed by atoms with E-state index in [1.165, 1.54) is 18.4 Å². The number of aromatic nitrogens is 4. The molecule has 2 fully saturated rings. The van der Waals surface area contributed by atoms with Gasteiger partial charge in [0.15, 0.2) is 0 Å². The first kappa shape index (κ1) is 23.7. The molecule has 0 spiro atoms. The molecule has 0 bridgehead atoms. The molecule has 0 aromatic carbocycles. The second kappa shape index (κ2) is 10.2. The van der Waals surface area contributed by atoms with E-state index < -0.39 is 8.07 Å². The van der Waals surface area contributed by atoms with Crippen LogP contribution in [0.5, 0.6) is 0 Å². The van der Waals surface area contributed by atoms with Crippen molar-refractivity contribution in [1.29, 1.82) is 0 Å². The molecular formula is C23H37ClN6OSi. The van der Waals surface area contributed by atoms with Crippen molar-refractivity contribution >= 4 is 25.6 Å². The molecule has 7 nitrogen and oxygen atoms in total. The summed E-state index contributed by atoms with van der Waals surface area (Å²) in [6, 6.07) is 1.82. The van der Waals surface area contributed by atoms with Crippen LogP contribution < -0.4 is 11.1 Å². The van der Waals surface area contributed by atoms with E-state index in [9.17, 15) is 0 Å². The van der Waals surface area contributed by atoms with E-state index in [1.807, 2.05) is 4.68 Å². The number of nitrogens with one attached hydrogen (secondary N) is 1. The van der Waals surface area contributed by atoms with Crippen LogP contribution >= 0.6 is 11.6 Å². The highest BCUT2D eigenvalue weighted by Crippen LogP contribution is 2.36. The molecule has 0 radical (unpaired) electrons. The maximum Gasteiger partial charge on any atom is 0.223 e. The molecule has 0 saturated heterocycles. The van der Waals surface area contributed by atoms with Crippen molar-refractivity contribution in [3.05, 3.63) is 23.0 Å². The Bertz CT molecular complexity index is 902. The molecule has 32 heavy (non-hydrogen) atoms. The van der Waals surface area contributed by atoms with Crippen LogP contribution in [0.4, 0.5) is 5.95 Å². The molecule has 2 aliphatic carbocycles. The minimum atomic E-state index is -1.11. The van der Waals surface area contributed by atoms with E-state index in [0.29, 0.717) is 35.5 Å². The first-order valence-electron chi connectivity index (χ1n) is 12.0. The highest BCUT2D eigenvalue weighted by atomic mass is 35.5. The number of anilines is 1. The van der Waals surface area contributed by atoms with E-state index >= 15 is 0 Å². The van der Waals surface area contributed by atoms with E-state index in [0.717, 1.165) is 56.4 Å². The Hall–Kier alpha value is -1.48. The average Bonchev–Trinajstić information content (AvgIpc) is 3.46. The molecule has 9 heteroatoms. The van der Waals surface area contributed by atoms with E-state index in [2.05, 4.69) is 36.1 Å². The van der Waals surface area contributed by atoms with Gasteiger partial charge in [-0.25, -0.2) is 14.6 Å². The quantitative estimate of drug-likeness (QED) is 0.372. The molecule has 2 heterocycles. The largest absolute Gasteiger partial charge is 0.360 e. The highest BCUT2D eigenvalue weighted by molar-refractivity contribution is 6.76. The van der Waals surface area contributed by atoms with Gasteiger partial charge in [0.05, 0.1) is 11.2 Å². The SMILES string of the molecule is C[Si](C)(C)CCOCn1cc(CC2CC2)c(-c2nc(NC3CCC(N)CC3)ncc2Cl)n1. The number of hydrogen-bond acceptors (Lipinski definition) is 6. The standard InChI is InChI=1S/C23H37ClN6OSi/c1-32(2,3)11-10-31-15-30-14-17(12-16-4-5-16)21(29-30)22-20(24)13-26-23(28-22)27-19-8-6-18(25)7-9-19/h13-14,16,18-19H,4-12,15,25H2,1-3H3,(H,26,27,28). The molecule has 4 rings (SSSR count). The van der Waals surface area contributed by atoms with E-state index in [-0.39, 0.29) is 0 Å². The third-order valence-electron chi connectivity index (χ3n) is 6.34. The zero-order chi connectivity index (χ0) is 22.7. The number of ether oxygens (including phenoxy) is 1. The van der Waals surface area contributed by atoms with Gasteiger partial charge < -0.3 is 15.8 Å². The van der Waals surface area contributed by atoms with Crippen molar-refractivity contribution in [3.63, 3.8) is 0 Å². The fourth-order valence-corrected chi connectivity index (χ4v) is 5.03. The fourth-order valence-electron chi connectivity index (χ4n) is 4.10. The van der Waals surface area contributed by atoms with Crippen molar-refractivity contribution in [2.75, 3.05) is 11.9 Å². The second-order valence-corrected chi connectivity index (χ2v) is 16.7. The molecule has 176 valence electrons. The lowest BCUT2D eigenvalue weighted by molar-refractivity contribution is 0.0787. The smallest absolute Gasteiger partial charge is 0.223 e. The predicted octanol–water partition coefficient (Wildman–Crippen LogP) is 4.94. The maximum absolute atomic E-state index is 6.56. The molecule has 0 aliphatic heterocycles. The Morgan fingerprint density at radius 1 is 1.16 bits per heavy atom. The molecule has 0 amide bonds. The summed E-state index contributed by atoms with van der Waals surface area (Å²) in [5.41, 5.74) is 8.79. The van der Waals surface area contributed by atoms with E-state index in [4.69, 9.17) is 32.2 Å². The molecule has 0 unspecified atom stereocenters. The van der Waals surface area contributed by atoms with Crippen LogP contribution in [0.15, 0.2) is 12.4 Å². The molecule has 2 aromatic heterocycles. The van der Waals surface area contributed by atoms with Crippen molar-refractivity contribution in [2.24, 2.45) is 11.7 Å². The van der Waals surface area contributed by atoms with Crippen molar-refractivity contribution in [2.45, 2.75) is 89.4 Å². The first-order chi connectivity index (χ1) is 15.3. The Morgan fingerprint density at radius 2 is 1.91 bits per heavy atom. The van der Waals surface area contributed by atoms with Gasteiger partial charge in [0.25, 0.3) is 0 Å². The normalized spacial score (nSPS) is 21.7. The Labute approximate surface area is 197 Å². The summed E-state index contributed by atoms with van der Waals surface area (Å²) >= 11 is 6.56. The molecule has 2 aliphatic rings. The monoisotopic (exact) mass is 476 g/mol. The van der Waals surface area contributed by atoms with Crippen molar-refractivity contribution in [3.8, 4) is 11.4 Å². The van der Waals surface area contributed by atoms with Crippen LogP contribution in [-0.2, 0) is 17.9 Å². The summed E-state index contributed by atoms with van der Waals surface area (Å²) in [5, 5.41) is 8.85. The average molecular weight is 477 g/mol. The van der Waals surface area contributed by atoms with Crippen molar-refractivity contribution < 1.29 is 4.74 Å². The second-order valence-electron chi connectivity index (χ2n) is 10.7. The van der Waals surface area contributed by atoms with Gasteiger partial charge in [-0.05, 0) is 56.9 Å². The van der Waals surface area contributed by atoms with Gasteiger partial charge in [0.1, 0.15) is 18.1 Å². The summed E-state index contributed by atoms with van der Waals surface area (Å²) in [4.78, 5) is 9.22. The van der Waals surface area contributed by atoms with Crippen molar-refractivity contribution in [1.82, 2.24) is 19.7 Å². The zero-order valence-corrected chi connectivity index (χ0v) is 21.4. The molecule has 3 N–H and O–H groups in total. The van der Waals surface area contributed by atoms with Crippen LogP contribution in [0.1, 0.15) is 44.1 Å². The third kappa shape index (κ3) is 6.76. The highest BCUT2D eigenvalue weighted by Gasteiger charge is 2.26. The van der Waals surface area contributed by atoms with Gasteiger partial charge in [0, 0.05) is 38.5 Å². The van der Waals surface area contributed by atoms with Crippen LogP contribution in [0.3, 0.4) is 0 Å². The topological polar surface area (TPSA) is 90.9 Å². The summed E-state index contributed by atoms with van der Waals surface area (Å²) in [6.07, 6.45) is 11.5. The van der Waals surface area contributed by atoms with Crippen LogP contribution in [0.25, 0.3) is 11.4 Å². The lowest BCUT2D eigenvalue weighted by atomic mass is 9.92. The van der Waals surface area contributed by atoms with Gasteiger partial charge in [-0.2, -0.15) is 5.10 Å². The van der Waals surface area contributed by atoms with Gasteiger partial charge in [0.2, 0.25) is 5.95 Å². The van der Waals surface area contributed by atoms with E-state index in [1.54, 1.807) is 6.20 Å². The lowest BCUT2D eigenvalue weighted by Gasteiger charge is -2.26. The number of nitrogens with zero attached hydrogens (tertiary/aromatic N) is 4. The zero-order valence-electron chi connectivity index (χ0n) is 19.6. The Kier molecular flexibility index (Phi) is 7.54. The molecule has 2 aromatic rings. The minimum Gasteiger partial charge on any atom is -0.360 e. The number of nitrogens with two attached hydrogens (primary N) is 1. The van der Waals surface area contributed by atoms with Gasteiger partial charge >= 0.3 is 0 Å². The predicted molar refractivity (Wildman–Crippen MR) is 133 cm³/mol.